The maximum atomic E-state index is 12.6. The Balaban J connectivity index is 1.93. The van der Waals surface area contributed by atoms with Crippen LogP contribution in [-0.2, 0) is 9.53 Å². The highest BCUT2D eigenvalue weighted by Crippen LogP contribution is 2.31. The molecule has 0 unspecified atom stereocenters. The molecule has 1 N–H and O–H groups in total. The van der Waals surface area contributed by atoms with E-state index in [0.717, 1.165) is 11.5 Å². The monoisotopic (exact) mass is 350 g/mol. The Kier molecular flexibility index (Phi) is 4.88. The Morgan fingerprint density at radius 1 is 1.52 bits per heavy atom. The molecule has 0 bridgehead atoms. The zero-order valence-corrected chi connectivity index (χ0v) is 14.0. The minimum absolute atomic E-state index is 0.199. The minimum atomic E-state index is -0.199. The molecule has 6 nitrogen and oxygen atoms in total. The number of para-hydroxylation sites is 1. The summed E-state index contributed by atoms with van der Waals surface area (Å²) in [6.45, 7) is 2.60. The summed E-state index contributed by atoms with van der Waals surface area (Å²) >= 11 is 7.77. The van der Waals surface area contributed by atoms with Crippen LogP contribution in [0.25, 0.3) is 5.69 Å². The summed E-state index contributed by atoms with van der Waals surface area (Å²) in [7, 11) is 0. The molecular weight excluding hydrogens is 336 g/mol. The number of thioether (sulfide) groups is 1. The van der Waals surface area contributed by atoms with Gasteiger partial charge in [-0.25, -0.2) is 9.67 Å². The van der Waals surface area contributed by atoms with Crippen molar-refractivity contribution in [3.8, 4) is 5.69 Å². The second-order valence-corrected chi connectivity index (χ2v) is 6.25. The molecule has 2 heterocycles. The zero-order chi connectivity index (χ0) is 16.2. The minimum Gasteiger partial charge on any atom is -0.496 e. The predicted octanol–water partition coefficient (Wildman–Crippen LogP) is 3.24. The van der Waals surface area contributed by atoms with E-state index in [4.69, 9.17) is 16.3 Å². The standard InChI is InChI=1S/C15H15ClN4O2S/c1-2-12-14(23-7-6-22-12)15(21)19-11-5-3-4-10(16)13(11)20-9-17-8-18-20/h3-5,8-9H,2,6-7H2,1H3,(H,19,21). The molecule has 2 aromatic rings. The van der Waals surface area contributed by atoms with E-state index in [1.807, 2.05) is 6.92 Å². The average Bonchev–Trinajstić information content (AvgIpc) is 3.09. The number of allylic oxidation sites excluding steroid dienone is 1. The second kappa shape index (κ2) is 7.06. The van der Waals surface area contributed by atoms with Gasteiger partial charge in [0.05, 0.1) is 17.3 Å². The first-order valence-corrected chi connectivity index (χ1v) is 8.50. The van der Waals surface area contributed by atoms with Crippen LogP contribution in [0.1, 0.15) is 13.3 Å². The number of carbonyl (C=O) groups excluding carboxylic acids is 1. The number of aromatic nitrogens is 3. The predicted molar refractivity (Wildman–Crippen MR) is 90.7 cm³/mol. The number of benzene rings is 1. The third-order valence-corrected chi connectivity index (χ3v) is 4.65. The van der Waals surface area contributed by atoms with Crippen LogP contribution in [0, 0.1) is 0 Å². The molecule has 0 atom stereocenters. The van der Waals surface area contributed by atoms with Gasteiger partial charge in [0, 0.05) is 12.2 Å². The molecule has 1 aliphatic rings. The summed E-state index contributed by atoms with van der Waals surface area (Å²) in [5.74, 6) is 1.29. The molecule has 120 valence electrons. The number of hydrogen-bond acceptors (Lipinski definition) is 5. The van der Waals surface area contributed by atoms with E-state index in [-0.39, 0.29) is 5.91 Å². The number of anilines is 1. The molecule has 0 saturated heterocycles. The fourth-order valence-electron chi connectivity index (χ4n) is 2.26. The summed E-state index contributed by atoms with van der Waals surface area (Å²) in [4.78, 5) is 17.1. The molecule has 3 rings (SSSR count). The van der Waals surface area contributed by atoms with Crippen LogP contribution in [0.2, 0.25) is 5.02 Å². The maximum absolute atomic E-state index is 12.6. The molecule has 1 amide bonds. The van der Waals surface area contributed by atoms with Crippen LogP contribution in [-0.4, -0.2) is 33.0 Å². The number of rotatable bonds is 4. The summed E-state index contributed by atoms with van der Waals surface area (Å²) in [5.41, 5.74) is 1.16. The average molecular weight is 351 g/mol. The molecule has 0 aliphatic carbocycles. The molecule has 0 fully saturated rings. The van der Waals surface area contributed by atoms with Crippen LogP contribution in [0.3, 0.4) is 0 Å². The Morgan fingerprint density at radius 3 is 3.13 bits per heavy atom. The summed E-state index contributed by atoms with van der Waals surface area (Å²) in [6.07, 6.45) is 3.63. The van der Waals surface area contributed by atoms with Gasteiger partial charge in [-0.3, -0.25) is 4.79 Å². The lowest BCUT2D eigenvalue weighted by Crippen LogP contribution is -2.20. The van der Waals surface area contributed by atoms with Gasteiger partial charge in [0.1, 0.15) is 29.0 Å². The van der Waals surface area contributed by atoms with Gasteiger partial charge in [-0.1, -0.05) is 24.6 Å². The highest BCUT2D eigenvalue weighted by Gasteiger charge is 2.22. The zero-order valence-electron chi connectivity index (χ0n) is 12.5. The van der Waals surface area contributed by atoms with Gasteiger partial charge in [0.2, 0.25) is 0 Å². The van der Waals surface area contributed by atoms with Gasteiger partial charge in [-0.15, -0.1) is 11.8 Å². The Morgan fingerprint density at radius 2 is 2.39 bits per heavy atom. The van der Waals surface area contributed by atoms with Gasteiger partial charge in [0.25, 0.3) is 5.91 Å². The Labute approximate surface area is 142 Å². The van der Waals surface area contributed by atoms with Gasteiger partial charge in [0.15, 0.2) is 0 Å². The van der Waals surface area contributed by atoms with Crippen LogP contribution in [0.15, 0.2) is 41.5 Å². The highest BCUT2D eigenvalue weighted by atomic mass is 35.5. The van der Waals surface area contributed by atoms with Gasteiger partial charge < -0.3 is 10.1 Å². The van der Waals surface area contributed by atoms with E-state index >= 15 is 0 Å². The first kappa shape index (κ1) is 15.9. The number of amides is 1. The van der Waals surface area contributed by atoms with Gasteiger partial charge in [-0.2, -0.15) is 5.10 Å². The maximum Gasteiger partial charge on any atom is 0.265 e. The molecule has 23 heavy (non-hydrogen) atoms. The number of ether oxygens (including phenoxy) is 1. The first-order chi connectivity index (χ1) is 11.2. The molecule has 1 aromatic carbocycles. The first-order valence-electron chi connectivity index (χ1n) is 7.14. The van der Waals surface area contributed by atoms with Crippen molar-refractivity contribution in [2.24, 2.45) is 0 Å². The number of carbonyl (C=O) groups is 1. The summed E-state index contributed by atoms with van der Waals surface area (Å²) < 4.78 is 7.09. The van der Waals surface area contributed by atoms with Crippen LogP contribution < -0.4 is 5.32 Å². The van der Waals surface area contributed by atoms with Crippen molar-refractivity contribution in [3.63, 3.8) is 0 Å². The quantitative estimate of drug-likeness (QED) is 0.916. The van der Waals surface area contributed by atoms with Gasteiger partial charge >= 0.3 is 0 Å². The fraction of sp³-hybridized carbons (Fsp3) is 0.267. The van der Waals surface area contributed by atoms with Crippen LogP contribution in [0.4, 0.5) is 5.69 Å². The fourth-order valence-corrected chi connectivity index (χ4v) is 3.44. The summed E-state index contributed by atoms with van der Waals surface area (Å²) in [5, 5.41) is 7.47. The second-order valence-electron chi connectivity index (χ2n) is 4.73. The molecular formula is C15H15ClN4O2S. The van der Waals surface area contributed by atoms with E-state index in [1.54, 1.807) is 18.2 Å². The lowest BCUT2D eigenvalue weighted by atomic mass is 10.2. The number of nitrogens with zero attached hydrogens (tertiary/aromatic N) is 3. The van der Waals surface area contributed by atoms with Crippen molar-refractivity contribution in [2.45, 2.75) is 13.3 Å². The van der Waals surface area contributed by atoms with E-state index < -0.39 is 0 Å². The van der Waals surface area contributed by atoms with Crippen LogP contribution in [0.5, 0.6) is 0 Å². The van der Waals surface area contributed by atoms with Crippen molar-refractivity contribution in [2.75, 3.05) is 17.7 Å². The Bertz CT molecular complexity index is 746. The summed E-state index contributed by atoms with van der Waals surface area (Å²) in [6, 6.07) is 5.29. The third kappa shape index (κ3) is 3.35. The molecule has 1 aromatic heterocycles. The molecule has 0 saturated carbocycles. The largest absolute Gasteiger partial charge is 0.496 e. The van der Waals surface area contributed by atoms with Crippen molar-refractivity contribution >= 4 is 35.0 Å². The molecule has 0 radical (unpaired) electrons. The molecule has 8 heteroatoms. The van der Waals surface area contributed by atoms with E-state index in [2.05, 4.69) is 15.4 Å². The molecule has 0 spiro atoms. The normalized spacial score (nSPS) is 14.5. The van der Waals surface area contributed by atoms with E-state index in [9.17, 15) is 4.79 Å². The Hall–Kier alpha value is -1.99. The number of halogens is 1. The van der Waals surface area contributed by atoms with Crippen molar-refractivity contribution in [1.29, 1.82) is 0 Å². The van der Waals surface area contributed by atoms with E-state index in [1.165, 1.54) is 29.1 Å². The van der Waals surface area contributed by atoms with E-state index in [0.29, 0.717) is 34.3 Å². The number of nitrogens with one attached hydrogen (secondary N) is 1. The SMILES string of the molecule is CCC1=C(C(=O)Nc2cccc(Cl)c2-n2cncn2)SCCO1. The van der Waals surface area contributed by atoms with Gasteiger partial charge in [-0.05, 0) is 12.1 Å². The smallest absolute Gasteiger partial charge is 0.265 e. The lowest BCUT2D eigenvalue weighted by molar-refractivity contribution is -0.112. The van der Waals surface area contributed by atoms with Crippen molar-refractivity contribution in [1.82, 2.24) is 14.8 Å². The van der Waals surface area contributed by atoms with Crippen molar-refractivity contribution < 1.29 is 9.53 Å². The highest BCUT2D eigenvalue weighted by molar-refractivity contribution is 8.04. The lowest BCUT2D eigenvalue weighted by Gasteiger charge is -2.20. The third-order valence-electron chi connectivity index (χ3n) is 3.27. The topological polar surface area (TPSA) is 69.0 Å². The van der Waals surface area contributed by atoms with Crippen molar-refractivity contribution in [3.05, 3.63) is 46.5 Å². The number of hydrogen-bond donors (Lipinski definition) is 1. The van der Waals surface area contributed by atoms with Crippen LogP contribution >= 0.6 is 23.4 Å². The molecule has 1 aliphatic heterocycles.